The number of aliphatic hydroxyl groups excluding tert-OH is 4. The van der Waals surface area contributed by atoms with E-state index < -0.39 is 37.3 Å². The maximum Gasteiger partial charge on any atom is 0.165 e. The number of benzene rings is 1. The monoisotopic (exact) mass is 402 g/mol. The van der Waals surface area contributed by atoms with Crippen molar-refractivity contribution >= 4 is 17.3 Å². The molecule has 0 bridgehead atoms. The number of thiocarbonyl (C=S) groups is 1. The van der Waals surface area contributed by atoms with Crippen LogP contribution in [0.4, 0.5) is 0 Å². The first-order valence-electron chi connectivity index (χ1n) is 8.08. The van der Waals surface area contributed by atoms with Gasteiger partial charge in [0.2, 0.25) is 0 Å². The van der Waals surface area contributed by atoms with Gasteiger partial charge in [-0.3, -0.25) is 0 Å². The molecule has 0 amide bonds. The second-order valence-electron chi connectivity index (χ2n) is 5.76. The maximum atomic E-state index is 9.48. The first kappa shape index (κ1) is 23.1. The van der Waals surface area contributed by atoms with Gasteiger partial charge in [0.1, 0.15) is 24.4 Å². The molecule has 0 aliphatic carbocycles. The van der Waals surface area contributed by atoms with Gasteiger partial charge in [-0.05, 0) is 36.3 Å². The van der Waals surface area contributed by atoms with Crippen LogP contribution in [0.2, 0.25) is 0 Å². The summed E-state index contributed by atoms with van der Waals surface area (Å²) in [6.07, 6.45) is -3.59. The summed E-state index contributed by atoms with van der Waals surface area (Å²) < 4.78 is 10.0. The summed E-state index contributed by atoms with van der Waals surface area (Å²) in [5, 5.41) is 48.7. The predicted molar refractivity (Wildman–Crippen MR) is 102 cm³/mol. The first-order valence-corrected chi connectivity index (χ1v) is 8.49. The Bertz CT molecular complexity index is 629. The van der Waals surface area contributed by atoms with E-state index in [4.69, 9.17) is 20.3 Å². The van der Waals surface area contributed by atoms with Gasteiger partial charge >= 0.3 is 0 Å². The minimum Gasteiger partial charge on any atom is -0.504 e. The smallest absolute Gasteiger partial charge is 0.165 e. The van der Waals surface area contributed by atoms with Crippen LogP contribution in [0.1, 0.15) is 5.56 Å². The number of methoxy groups -OCH3 is 1. The lowest BCUT2D eigenvalue weighted by atomic mass is 9.98. The first-order chi connectivity index (χ1) is 12.7. The quantitative estimate of drug-likeness (QED) is 0.234. The Kier molecular flexibility index (Phi) is 9.43. The number of aliphatic hydroxyl groups is 4. The molecule has 1 heterocycles. The third-order valence-electron chi connectivity index (χ3n) is 3.80. The SMILES string of the molecule is C=CCc1ccc(O)c(OC)c1.NC(=S)NC1O[C@H](CO)[C@@H](O)[C@H](O)[C@@H]1O. The molecule has 2 rings (SSSR count). The summed E-state index contributed by atoms with van der Waals surface area (Å²) in [6, 6.07) is 5.27. The van der Waals surface area contributed by atoms with Crippen LogP contribution >= 0.6 is 12.2 Å². The molecule has 1 aromatic rings. The van der Waals surface area contributed by atoms with Crippen molar-refractivity contribution in [2.24, 2.45) is 5.73 Å². The number of phenolic OH excluding ortho intramolecular Hbond substituents is 1. The van der Waals surface area contributed by atoms with E-state index in [0.29, 0.717) is 5.75 Å². The second kappa shape index (κ2) is 11.0. The lowest BCUT2D eigenvalue weighted by Gasteiger charge is -2.40. The maximum absolute atomic E-state index is 9.48. The molecule has 1 aliphatic heterocycles. The summed E-state index contributed by atoms with van der Waals surface area (Å²) in [4.78, 5) is 0. The van der Waals surface area contributed by atoms with Gasteiger partial charge in [-0.25, -0.2) is 0 Å². The summed E-state index contributed by atoms with van der Waals surface area (Å²) >= 11 is 4.54. The van der Waals surface area contributed by atoms with Crippen molar-refractivity contribution in [3.63, 3.8) is 0 Å². The molecular weight excluding hydrogens is 376 g/mol. The van der Waals surface area contributed by atoms with E-state index >= 15 is 0 Å². The predicted octanol–water partition coefficient (Wildman–Crippen LogP) is -1.25. The molecule has 0 radical (unpaired) electrons. The van der Waals surface area contributed by atoms with Crippen LogP contribution in [0.15, 0.2) is 30.9 Å². The number of nitrogens with two attached hydrogens (primary N) is 1. The number of ether oxygens (including phenoxy) is 2. The van der Waals surface area contributed by atoms with Gasteiger partial charge in [0, 0.05) is 0 Å². The molecule has 152 valence electrons. The Hall–Kier alpha value is -1.95. The Morgan fingerprint density at radius 2 is 2.00 bits per heavy atom. The number of hydrogen-bond acceptors (Lipinski definition) is 8. The largest absolute Gasteiger partial charge is 0.504 e. The lowest BCUT2D eigenvalue weighted by Crippen LogP contribution is -2.63. The average molecular weight is 402 g/mol. The van der Waals surface area contributed by atoms with E-state index in [1.165, 1.54) is 7.11 Å². The molecule has 1 aliphatic rings. The molecule has 1 aromatic carbocycles. The summed E-state index contributed by atoms with van der Waals surface area (Å²) in [7, 11) is 1.53. The van der Waals surface area contributed by atoms with Crippen molar-refractivity contribution in [3.8, 4) is 11.5 Å². The van der Waals surface area contributed by atoms with Crippen molar-refractivity contribution in [1.29, 1.82) is 0 Å². The van der Waals surface area contributed by atoms with E-state index in [-0.39, 0.29) is 10.9 Å². The zero-order valence-corrected chi connectivity index (χ0v) is 15.7. The molecule has 27 heavy (non-hydrogen) atoms. The zero-order valence-electron chi connectivity index (χ0n) is 14.9. The highest BCUT2D eigenvalue weighted by Crippen LogP contribution is 2.26. The van der Waals surface area contributed by atoms with Crippen LogP contribution in [0.3, 0.4) is 0 Å². The fourth-order valence-electron chi connectivity index (χ4n) is 2.38. The standard InChI is InChI=1S/C10H12O2.C7H14N2O5S/c1-3-4-8-5-6-9(11)10(7-8)12-2;8-7(15)9-6-5(13)4(12)3(11)2(1-10)14-6/h3,5-7,11H,1,4H2,2H3;2-6,10-13H,1H2,(H3,8,9,15)/t;2-,3-,4+,5+,6?/m.1/s1. The third-order valence-corrected chi connectivity index (χ3v) is 3.92. The van der Waals surface area contributed by atoms with Gasteiger partial charge in [0.15, 0.2) is 22.8 Å². The van der Waals surface area contributed by atoms with E-state index in [2.05, 4.69) is 24.1 Å². The van der Waals surface area contributed by atoms with Crippen molar-refractivity contribution in [3.05, 3.63) is 36.4 Å². The Labute approximate surface area is 162 Å². The van der Waals surface area contributed by atoms with Gasteiger partial charge in [0.25, 0.3) is 0 Å². The molecular formula is C17H26N2O7S. The number of rotatable bonds is 5. The van der Waals surface area contributed by atoms with Crippen molar-refractivity contribution < 1.29 is 35.0 Å². The fourth-order valence-corrected chi connectivity index (χ4v) is 2.49. The zero-order chi connectivity index (χ0) is 20.6. The van der Waals surface area contributed by atoms with E-state index in [1.807, 2.05) is 12.1 Å². The molecule has 1 fully saturated rings. The molecule has 5 atom stereocenters. The van der Waals surface area contributed by atoms with Crippen LogP contribution in [0, 0.1) is 0 Å². The van der Waals surface area contributed by atoms with E-state index in [1.54, 1.807) is 12.1 Å². The van der Waals surface area contributed by atoms with Crippen LogP contribution in [0.5, 0.6) is 11.5 Å². The number of allylic oxidation sites excluding steroid dienone is 1. The number of nitrogens with one attached hydrogen (secondary N) is 1. The summed E-state index contributed by atoms with van der Waals surface area (Å²) in [6.45, 7) is 3.14. The van der Waals surface area contributed by atoms with Crippen molar-refractivity contribution in [1.82, 2.24) is 5.32 Å². The average Bonchev–Trinajstić information content (AvgIpc) is 2.64. The highest BCUT2D eigenvalue weighted by Gasteiger charge is 2.43. The van der Waals surface area contributed by atoms with E-state index in [0.717, 1.165) is 12.0 Å². The second-order valence-corrected chi connectivity index (χ2v) is 6.20. The molecule has 0 spiro atoms. The topological polar surface area (TPSA) is 158 Å². The Morgan fingerprint density at radius 1 is 1.33 bits per heavy atom. The number of aromatic hydroxyl groups is 1. The minimum atomic E-state index is -1.43. The van der Waals surface area contributed by atoms with Crippen molar-refractivity contribution in [2.45, 2.75) is 37.1 Å². The Balaban J connectivity index is 0.000000277. The Morgan fingerprint density at radius 3 is 2.52 bits per heavy atom. The summed E-state index contributed by atoms with van der Waals surface area (Å²) in [5.41, 5.74) is 6.26. The molecule has 9 nitrogen and oxygen atoms in total. The number of hydrogen-bond donors (Lipinski definition) is 7. The van der Waals surface area contributed by atoms with Gasteiger partial charge in [-0.1, -0.05) is 12.1 Å². The van der Waals surface area contributed by atoms with E-state index in [9.17, 15) is 20.4 Å². The highest BCUT2D eigenvalue weighted by atomic mass is 32.1. The molecule has 1 unspecified atom stereocenters. The molecule has 10 heteroatoms. The number of phenols is 1. The molecule has 0 aromatic heterocycles. The van der Waals surface area contributed by atoms with Crippen LogP contribution in [-0.2, 0) is 11.2 Å². The van der Waals surface area contributed by atoms with Crippen molar-refractivity contribution in [2.75, 3.05) is 13.7 Å². The van der Waals surface area contributed by atoms with Crippen LogP contribution < -0.4 is 15.8 Å². The molecule has 0 saturated carbocycles. The van der Waals surface area contributed by atoms with Gasteiger partial charge in [-0.15, -0.1) is 6.58 Å². The highest BCUT2D eigenvalue weighted by molar-refractivity contribution is 7.80. The molecule has 1 saturated heterocycles. The third kappa shape index (κ3) is 6.61. The van der Waals surface area contributed by atoms with Gasteiger partial charge < -0.3 is 46.1 Å². The minimum absolute atomic E-state index is 0.112. The normalized spacial score (nSPS) is 27.1. The van der Waals surface area contributed by atoms with Gasteiger partial charge in [-0.2, -0.15) is 0 Å². The summed E-state index contributed by atoms with van der Waals surface area (Å²) in [5.74, 6) is 0.680. The van der Waals surface area contributed by atoms with Gasteiger partial charge in [0.05, 0.1) is 13.7 Å². The van der Waals surface area contributed by atoms with Crippen LogP contribution in [-0.4, -0.2) is 75.0 Å². The molecule has 8 N–H and O–H groups in total. The fraction of sp³-hybridized carbons (Fsp3) is 0.471. The van der Waals surface area contributed by atoms with Crippen LogP contribution in [0.25, 0.3) is 0 Å². The lowest BCUT2D eigenvalue weighted by molar-refractivity contribution is -0.232.